The highest BCUT2D eigenvalue weighted by Crippen LogP contribution is 2.18. The van der Waals surface area contributed by atoms with Gasteiger partial charge in [0.05, 0.1) is 17.6 Å². The summed E-state index contributed by atoms with van der Waals surface area (Å²) in [5.74, 6) is -1.04. The van der Waals surface area contributed by atoms with Crippen molar-refractivity contribution >= 4 is 23.2 Å². The molecule has 2 rings (SSSR count). The lowest BCUT2D eigenvalue weighted by atomic mass is 10.0. The van der Waals surface area contributed by atoms with E-state index in [1.54, 1.807) is 5.51 Å². The molecule has 2 heterocycles. The predicted molar refractivity (Wildman–Crippen MR) is 62.8 cm³/mol. The molecule has 5 nitrogen and oxygen atoms in total. The molecule has 0 aromatic carbocycles. The van der Waals surface area contributed by atoms with Crippen molar-refractivity contribution in [1.82, 2.24) is 9.88 Å². The number of piperidine rings is 1. The molecule has 0 spiro atoms. The number of carbonyl (C=O) groups is 2. The molecular formula is C11H14N2O3S. The molecule has 1 atom stereocenters. The number of carboxylic acid groups (broad SMARTS) is 1. The van der Waals surface area contributed by atoms with Crippen molar-refractivity contribution in [1.29, 1.82) is 0 Å². The molecule has 1 aromatic heterocycles. The van der Waals surface area contributed by atoms with Crippen LogP contribution in [0.5, 0.6) is 0 Å². The minimum absolute atomic E-state index is 0.136. The number of carbonyl (C=O) groups excluding carboxylic acids is 1. The van der Waals surface area contributed by atoms with E-state index in [1.165, 1.54) is 16.2 Å². The fraction of sp³-hybridized carbons (Fsp3) is 0.545. The number of nitrogens with zero attached hydrogens (tertiary/aromatic N) is 2. The molecule has 0 aliphatic carbocycles. The Bertz CT molecular complexity index is 405. The van der Waals surface area contributed by atoms with Gasteiger partial charge in [-0.1, -0.05) is 0 Å². The zero-order valence-electron chi connectivity index (χ0n) is 9.33. The van der Waals surface area contributed by atoms with E-state index >= 15 is 0 Å². The molecule has 1 fully saturated rings. The first-order valence-electron chi connectivity index (χ1n) is 5.58. The summed E-state index contributed by atoms with van der Waals surface area (Å²) in [6.07, 6.45) is 2.51. The van der Waals surface area contributed by atoms with E-state index in [2.05, 4.69) is 4.98 Å². The molecule has 6 heteroatoms. The summed E-state index contributed by atoms with van der Waals surface area (Å²) in [7, 11) is 0. The van der Waals surface area contributed by atoms with E-state index in [4.69, 9.17) is 5.11 Å². The second-order valence-electron chi connectivity index (χ2n) is 4.09. The zero-order chi connectivity index (χ0) is 12.3. The van der Waals surface area contributed by atoms with Crippen molar-refractivity contribution in [2.45, 2.75) is 31.7 Å². The molecular weight excluding hydrogens is 240 g/mol. The minimum Gasteiger partial charge on any atom is -0.480 e. The lowest BCUT2D eigenvalue weighted by Gasteiger charge is -2.32. The third kappa shape index (κ3) is 2.82. The first kappa shape index (κ1) is 12.0. The van der Waals surface area contributed by atoms with Gasteiger partial charge in [0.25, 0.3) is 0 Å². The third-order valence-corrected chi connectivity index (χ3v) is 3.56. The summed E-state index contributed by atoms with van der Waals surface area (Å²) in [6.45, 7) is 0.542. The van der Waals surface area contributed by atoms with Gasteiger partial charge in [-0.3, -0.25) is 4.79 Å². The summed E-state index contributed by atoms with van der Waals surface area (Å²) in [5.41, 5.74) is 2.39. The van der Waals surface area contributed by atoms with Gasteiger partial charge in [0.15, 0.2) is 0 Å². The molecule has 0 saturated carbocycles. The van der Waals surface area contributed by atoms with E-state index < -0.39 is 12.0 Å². The monoisotopic (exact) mass is 254 g/mol. The maximum absolute atomic E-state index is 12.0. The van der Waals surface area contributed by atoms with E-state index in [1.807, 2.05) is 5.38 Å². The second-order valence-corrected chi connectivity index (χ2v) is 4.81. The Morgan fingerprint density at radius 3 is 3.00 bits per heavy atom. The lowest BCUT2D eigenvalue weighted by molar-refractivity contribution is -0.151. The van der Waals surface area contributed by atoms with Crippen molar-refractivity contribution in [3.63, 3.8) is 0 Å². The highest BCUT2D eigenvalue weighted by atomic mass is 32.1. The number of rotatable bonds is 3. The molecule has 0 bridgehead atoms. The Balaban J connectivity index is 2.03. The van der Waals surface area contributed by atoms with Crippen LogP contribution >= 0.6 is 11.3 Å². The van der Waals surface area contributed by atoms with Crippen LogP contribution in [0.3, 0.4) is 0 Å². The summed E-state index contributed by atoms with van der Waals surface area (Å²) < 4.78 is 0. The van der Waals surface area contributed by atoms with Crippen LogP contribution in [0.25, 0.3) is 0 Å². The van der Waals surface area contributed by atoms with Crippen LogP contribution in [0.1, 0.15) is 25.0 Å². The predicted octanol–water partition coefficient (Wildman–Crippen LogP) is 1.15. The van der Waals surface area contributed by atoms with Crippen molar-refractivity contribution < 1.29 is 14.7 Å². The molecule has 92 valence electrons. The molecule has 1 unspecified atom stereocenters. The summed E-state index contributed by atoms with van der Waals surface area (Å²) >= 11 is 1.44. The first-order valence-corrected chi connectivity index (χ1v) is 6.52. The number of hydrogen-bond donors (Lipinski definition) is 1. The maximum Gasteiger partial charge on any atom is 0.326 e. The van der Waals surface area contributed by atoms with Crippen molar-refractivity contribution in [3.05, 3.63) is 16.6 Å². The lowest BCUT2D eigenvalue weighted by Crippen LogP contribution is -2.48. The molecule has 1 aliphatic heterocycles. The summed E-state index contributed by atoms with van der Waals surface area (Å²) in [5, 5.41) is 10.9. The number of aromatic nitrogens is 1. The van der Waals surface area contributed by atoms with Gasteiger partial charge in [-0.25, -0.2) is 9.78 Å². The molecule has 17 heavy (non-hydrogen) atoms. The Hall–Kier alpha value is -1.43. The van der Waals surface area contributed by atoms with Crippen LogP contribution in [0.15, 0.2) is 10.9 Å². The Kier molecular flexibility index (Phi) is 3.73. The summed E-state index contributed by atoms with van der Waals surface area (Å²) in [6, 6.07) is -0.658. The number of likely N-dealkylation sites (tertiary alicyclic amines) is 1. The van der Waals surface area contributed by atoms with E-state index in [-0.39, 0.29) is 12.3 Å². The van der Waals surface area contributed by atoms with Crippen molar-refractivity contribution in [2.75, 3.05) is 6.54 Å². The van der Waals surface area contributed by atoms with Crippen LogP contribution in [-0.4, -0.2) is 39.5 Å². The second kappa shape index (κ2) is 5.27. The van der Waals surface area contributed by atoms with Gasteiger partial charge in [-0.15, -0.1) is 11.3 Å². The highest BCUT2D eigenvalue weighted by molar-refractivity contribution is 7.07. The molecule has 1 aromatic rings. The molecule has 1 saturated heterocycles. The molecule has 1 amide bonds. The van der Waals surface area contributed by atoms with Gasteiger partial charge in [-0.05, 0) is 19.3 Å². The number of amides is 1. The first-order chi connectivity index (χ1) is 8.18. The topological polar surface area (TPSA) is 70.5 Å². The summed E-state index contributed by atoms with van der Waals surface area (Å²) in [4.78, 5) is 28.6. The third-order valence-electron chi connectivity index (χ3n) is 2.92. The van der Waals surface area contributed by atoms with Crippen LogP contribution in [-0.2, 0) is 16.0 Å². The van der Waals surface area contributed by atoms with Gasteiger partial charge in [0.2, 0.25) is 5.91 Å². The number of carboxylic acids is 1. The van der Waals surface area contributed by atoms with Crippen LogP contribution in [0.2, 0.25) is 0 Å². The van der Waals surface area contributed by atoms with Gasteiger partial charge < -0.3 is 10.0 Å². The fourth-order valence-corrected chi connectivity index (χ4v) is 2.63. The number of hydrogen-bond acceptors (Lipinski definition) is 4. The Morgan fingerprint density at radius 2 is 2.35 bits per heavy atom. The Labute approximate surface area is 103 Å². The number of aliphatic carboxylic acids is 1. The zero-order valence-corrected chi connectivity index (χ0v) is 10.2. The van der Waals surface area contributed by atoms with E-state index in [0.29, 0.717) is 13.0 Å². The van der Waals surface area contributed by atoms with E-state index in [9.17, 15) is 9.59 Å². The van der Waals surface area contributed by atoms with Gasteiger partial charge >= 0.3 is 5.97 Å². The number of thiazole rings is 1. The van der Waals surface area contributed by atoms with Crippen molar-refractivity contribution in [3.8, 4) is 0 Å². The van der Waals surface area contributed by atoms with Crippen molar-refractivity contribution in [2.24, 2.45) is 0 Å². The average molecular weight is 254 g/mol. The van der Waals surface area contributed by atoms with Gasteiger partial charge in [-0.2, -0.15) is 0 Å². The van der Waals surface area contributed by atoms with Gasteiger partial charge in [0, 0.05) is 11.9 Å². The standard InChI is InChI=1S/C11H14N2O3S/c14-10(5-8-6-17-7-12-8)13-4-2-1-3-9(13)11(15)16/h6-7,9H,1-5H2,(H,15,16). The van der Waals surface area contributed by atoms with Crippen LogP contribution in [0.4, 0.5) is 0 Å². The fourth-order valence-electron chi connectivity index (χ4n) is 2.07. The minimum atomic E-state index is -0.906. The van der Waals surface area contributed by atoms with Crippen LogP contribution < -0.4 is 0 Å². The maximum atomic E-state index is 12.0. The quantitative estimate of drug-likeness (QED) is 0.878. The van der Waals surface area contributed by atoms with Gasteiger partial charge in [0.1, 0.15) is 6.04 Å². The smallest absolute Gasteiger partial charge is 0.326 e. The highest BCUT2D eigenvalue weighted by Gasteiger charge is 2.31. The van der Waals surface area contributed by atoms with E-state index in [0.717, 1.165) is 18.5 Å². The average Bonchev–Trinajstić information content (AvgIpc) is 2.81. The molecule has 1 aliphatic rings. The molecule has 1 N–H and O–H groups in total. The molecule has 0 radical (unpaired) electrons. The normalized spacial score (nSPS) is 20.2. The Morgan fingerprint density at radius 1 is 1.53 bits per heavy atom. The SMILES string of the molecule is O=C(O)C1CCCCN1C(=O)Cc1cscn1. The van der Waals surface area contributed by atoms with Crippen LogP contribution in [0, 0.1) is 0 Å². The largest absolute Gasteiger partial charge is 0.480 e.